The summed E-state index contributed by atoms with van der Waals surface area (Å²) in [4.78, 5) is 4.80. The van der Waals surface area contributed by atoms with E-state index in [1.807, 2.05) is 6.07 Å². The molecule has 2 heterocycles. The molecule has 2 aliphatic heterocycles. The predicted molar refractivity (Wildman–Crippen MR) is 113 cm³/mol. The fourth-order valence-electron chi connectivity index (χ4n) is 4.00. The summed E-state index contributed by atoms with van der Waals surface area (Å²) in [7, 11) is 1.67. The molecule has 5 heteroatoms. The van der Waals surface area contributed by atoms with E-state index in [9.17, 15) is 5.11 Å². The number of nitrogens with zero attached hydrogens (tertiary/aromatic N) is 2. The third-order valence-corrected chi connectivity index (χ3v) is 5.75. The van der Waals surface area contributed by atoms with Gasteiger partial charge in [0.2, 0.25) is 0 Å². The molecule has 0 amide bonds. The van der Waals surface area contributed by atoms with E-state index in [1.165, 1.54) is 36.8 Å². The van der Waals surface area contributed by atoms with Crippen LogP contribution in [0.1, 0.15) is 44.6 Å². The summed E-state index contributed by atoms with van der Waals surface area (Å²) in [6, 6.07) is 6.13. The fourth-order valence-corrected chi connectivity index (χ4v) is 4.00. The number of rotatable bonds is 8. The van der Waals surface area contributed by atoms with Crippen molar-refractivity contribution >= 4 is 0 Å². The van der Waals surface area contributed by atoms with Gasteiger partial charge in [0.15, 0.2) is 11.5 Å². The molecule has 3 rings (SSSR count). The number of hydrogen-bond acceptors (Lipinski definition) is 5. The molecule has 1 aromatic rings. The molecular formula is C23H36N2O3. The summed E-state index contributed by atoms with van der Waals surface area (Å²) < 4.78 is 11.4. The first-order valence-electron chi connectivity index (χ1n) is 10.7. The van der Waals surface area contributed by atoms with Crippen molar-refractivity contribution in [2.24, 2.45) is 0 Å². The maximum absolute atomic E-state index is 10.4. The van der Waals surface area contributed by atoms with Gasteiger partial charge in [0.1, 0.15) is 12.7 Å². The summed E-state index contributed by atoms with van der Waals surface area (Å²) in [5.74, 6) is 1.44. The molecule has 1 unspecified atom stereocenters. The summed E-state index contributed by atoms with van der Waals surface area (Å²) in [5, 5.41) is 10.4. The van der Waals surface area contributed by atoms with Crippen LogP contribution in [0.5, 0.6) is 11.5 Å². The largest absolute Gasteiger partial charge is 0.493 e. The van der Waals surface area contributed by atoms with Gasteiger partial charge in [0, 0.05) is 26.2 Å². The van der Waals surface area contributed by atoms with E-state index < -0.39 is 6.10 Å². The Morgan fingerprint density at radius 3 is 2.50 bits per heavy atom. The van der Waals surface area contributed by atoms with Crippen LogP contribution in [0.25, 0.3) is 0 Å². The second-order valence-electron chi connectivity index (χ2n) is 8.20. The minimum absolute atomic E-state index is 0.294. The molecule has 1 aromatic carbocycles. The third kappa shape index (κ3) is 6.50. The average molecular weight is 389 g/mol. The van der Waals surface area contributed by atoms with E-state index >= 15 is 0 Å². The number of aliphatic hydroxyl groups is 1. The minimum atomic E-state index is -0.481. The second-order valence-corrected chi connectivity index (χ2v) is 8.20. The van der Waals surface area contributed by atoms with Crippen molar-refractivity contribution in [3.05, 3.63) is 35.4 Å². The van der Waals surface area contributed by atoms with E-state index in [2.05, 4.69) is 34.9 Å². The van der Waals surface area contributed by atoms with Crippen LogP contribution in [-0.4, -0.2) is 67.5 Å². The molecule has 1 fully saturated rings. The van der Waals surface area contributed by atoms with E-state index in [0.29, 0.717) is 18.9 Å². The van der Waals surface area contributed by atoms with Gasteiger partial charge < -0.3 is 19.5 Å². The van der Waals surface area contributed by atoms with Gasteiger partial charge in [-0.1, -0.05) is 30.6 Å². The van der Waals surface area contributed by atoms with Gasteiger partial charge in [0.05, 0.1) is 7.11 Å². The molecule has 2 aliphatic rings. The minimum Gasteiger partial charge on any atom is -0.493 e. The van der Waals surface area contributed by atoms with Gasteiger partial charge in [0.25, 0.3) is 0 Å². The molecule has 0 bridgehead atoms. The van der Waals surface area contributed by atoms with Gasteiger partial charge >= 0.3 is 0 Å². The number of ether oxygens (including phenoxy) is 2. The van der Waals surface area contributed by atoms with Crippen LogP contribution in [0.2, 0.25) is 0 Å². The van der Waals surface area contributed by atoms with E-state index in [1.54, 1.807) is 7.11 Å². The quantitative estimate of drug-likeness (QED) is 0.691. The Morgan fingerprint density at radius 1 is 1.04 bits per heavy atom. The summed E-state index contributed by atoms with van der Waals surface area (Å²) in [6.45, 7) is 8.37. The zero-order valence-corrected chi connectivity index (χ0v) is 17.5. The Kier molecular flexibility index (Phi) is 8.19. The van der Waals surface area contributed by atoms with Gasteiger partial charge in [-0.15, -0.1) is 0 Å². The molecule has 1 saturated heterocycles. The number of methoxy groups -OCH3 is 1. The maximum Gasteiger partial charge on any atom is 0.161 e. The number of benzene rings is 1. The molecule has 0 saturated carbocycles. The normalized spacial score (nSPS) is 20.3. The van der Waals surface area contributed by atoms with Crippen molar-refractivity contribution in [2.45, 2.75) is 51.7 Å². The maximum atomic E-state index is 10.4. The van der Waals surface area contributed by atoms with Crippen molar-refractivity contribution in [2.75, 3.05) is 46.4 Å². The smallest absolute Gasteiger partial charge is 0.161 e. The molecule has 0 aromatic heterocycles. The Balaban J connectivity index is 1.50. The lowest BCUT2D eigenvalue weighted by Gasteiger charge is -2.25. The molecule has 28 heavy (non-hydrogen) atoms. The van der Waals surface area contributed by atoms with Crippen LogP contribution in [0, 0.1) is 0 Å². The Bertz CT molecular complexity index is 639. The van der Waals surface area contributed by atoms with Crippen molar-refractivity contribution in [3.8, 4) is 11.5 Å². The van der Waals surface area contributed by atoms with Crippen LogP contribution in [0.4, 0.5) is 0 Å². The van der Waals surface area contributed by atoms with Crippen molar-refractivity contribution < 1.29 is 14.6 Å². The molecule has 5 nitrogen and oxygen atoms in total. The number of likely N-dealkylation sites (tertiary alicyclic amines) is 1. The van der Waals surface area contributed by atoms with Gasteiger partial charge in [-0.3, -0.25) is 4.90 Å². The van der Waals surface area contributed by atoms with Crippen molar-refractivity contribution in [1.82, 2.24) is 9.80 Å². The number of β-amino-alcohol motifs (C(OH)–C–C–N with tert-alkyl or cyclic N) is 1. The van der Waals surface area contributed by atoms with Crippen molar-refractivity contribution in [3.63, 3.8) is 0 Å². The zero-order valence-electron chi connectivity index (χ0n) is 17.5. The van der Waals surface area contributed by atoms with E-state index in [4.69, 9.17) is 9.47 Å². The molecule has 1 N–H and O–H groups in total. The summed E-state index contributed by atoms with van der Waals surface area (Å²) in [5.41, 5.74) is 2.71. The lowest BCUT2D eigenvalue weighted by Crippen LogP contribution is -2.36. The number of aliphatic hydroxyl groups excluding tert-OH is 1. The molecule has 0 spiro atoms. The average Bonchev–Trinajstić information content (AvgIpc) is 2.97. The Labute approximate surface area is 169 Å². The molecule has 0 radical (unpaired) electrons. The highest BCUT2D eigenvalue weighted by atomic mass is 16.5. The van der Waals surface area contributed by atoms with Gasteiger partial charge in [-0.25, -0.2) is 0 Å². The first-order valence-corrected chi connectivity index (χ1v) is 10.7. The molecule has 156 valence electrons. The van der Waals surface area contributed by atoms with Gasteiger partial charge in [-0.05, 0) is 57.0 Å². The Morgan fingerprint density at radius 2 is 1.82 bits per heavy atom. The van der Waals surface area contributed by atoms with Crippen LogP contribution in [0.15, 0.2) is 29.8 Å². The zero-order chi connectivity index (χ0) is 19.8. The predicted octanol–water partition coefficient (Wildman–Crippen LogP) is 3.46. The van der Waals surface area contributed by atoms with E-state index in [0.717, 1.165) is 44.9 Å². The number of hydrogen-bond donors (Lipinski definition) is 1. The fraction of sp³-hybridized carbons (Fsp3) is 0.652. The Hall–Kier alpha value is -1.56. The SMILES string of the molecule is COc1cc(CN2CC=C(C)CC2)ccc1OCC(O)CN1CCCCCC1. The van der Waals surface area contributed by atoms with Gasteiger partial charge in [-0.2, -0.15) is 0 Å². The topological polar surface area (TPSA) is 45.2 Å². The monoisotopic (exact) mass is 388 g/mol. The first-order chi connectivity index (χ1) is 13.6. The lowest BCUT2D eigenvalue weighted by atomic mass is 10.1. The van der Waals surface area contributed by atoms with Crippen LogP contribution < -0.4 is 9.47 Å². The van der Waals surface area contributed by atoms with E-state index in [-0.39, 0.29) is 0 Å². The molecule has 0 aliphatic carbocycles. The second kappa shape index (κ2) is 10.8. The van der Waals surface area contributed by atoms with Crippen molar-refractivity contribution in [1.29, 1.82) is 0 Å². The van der Waals surface area contributed by atoms with Crippen LogP contribution >= 0.6 is 0 Å². The molecule has 1 atom stereocenters. The lowest BCUT2D eigenvalue weighted by molar-refractivity contribution is 0.0683. The van der Waals surface area contributed by atoms with Crippen LogP contribution in [0.3, 0.4) is 0 Å². The van der Waals surface area contributed by atoms with Crippen LogP contribution in [-0.2, 0) is 6.54 Å². The highest BCUT2D eigenvalue weighted by Crippen LogP contribution is 2.29. The molecular weight excluding hydrogens is 352 g/mol. The highest BCUT2D eigenvalue weighted by molar-refractivity contribution is 5.43. The summed E-state index contributed by atoms with van der Waals surface area (Å²) >= 11 is 0. The first kappa shape index (κ1) is 21.2. The third-order valence-electron chi connectivity index (χ3n) is 5.75. The standard InChI is InChI=1S/C23H36N2O3/c1-19-9-13-25(14-10-19)16-20-7-8-22(23(15-20)27-2)28-18-21(26)17-24-11-5-3-4-6-12-24/h7-9,15,21,26H,3-6,10-14,16-18H2,1-2H3. The highest BCUT2D eigenvalue weighted by Gasteiger charge is 2.16. The summed E-state index contributed by atoms with van der Waals surface area (Å²) in [6.07, 6.45) is 8.05.